The van der Waals surface area contributed by atoms with Gasteiger partial charge in [-0.3, -0.25) is 0 Å². The standard InChI is InChI=1S/C14H26N2O5/c1-10(11-4-5-11)16(7-9-21-3)14(19)15-12(13(17)18)6-8-20-2/h10-12H,4-9H2,1-3H3,(H,15,19)(H,17,18). The lowest BCUT2D eigenvalue weighted by atomic mass is 10.2. The minimum absolute atomic E-state index is 0.0945. The van der Waals surface area contributed by atoms with Crippen molar-refractivity contribution < 1.29 is 24.2 Å². The average molecular weight is 302 g/mol. The van der Waals surface area contributed by atoms with Gasteiger partial charge < -0.3 is 24.8 Å². The van der Waals surface area contributed by atoms with Crippen LogP contribution in [-0.4, -0.2) is 68.1 Å². The number of nitrogens with zero attached hydrogens (tertiary/aromatic N) is 1. The van der Waals surface area contributed by atoms with Gasteiger partial charge in [0, 0.05) is 39.8 Å². The van der Waals surface area contributed by atoms with E-state index in [0.717, 1.165) is 12.8 Å². The van der Waals surface area contributed by atoms with Gasteiger partial charge in [0.05, 0.1) is 6.61 Å². The lowest BCUT2D eigenvalue weighted by Gasteiger charge is -2.30. The van der Waals surface area contributed by atoms with Crippen LogP contribution in [0.5, 0.6) is 0 Å². The second kappa shape index (κ2) is 8.84. The molecule has 1 aliphatic carbocycles. The zero-order valence-electron chi connectivity index (χ0n) is 13.0. The average Bonchev–Trinajstić information content (AvgIpc) is 3.27. The molecule has 7 heteroatoms. The van der Waals surface area contributed by atoms with Crippen molar-refractivity contribution in [1.82, 2.24) is 10.2 Å². The Morgan fingerprint density at radius 3 is 2.38 bits per heavy atom. The molecule has 0 aromatic carbocycles. The molecular formula is C14H26N2O5. The third kappa shape index (κ3) is 5.89. The highest BCUT2D eigenvalue weighted by atomic mass is 16.5. The third-order valence-corrected chi connectivity index (χ3v) is 3.80. The first kappa shape index (κ1) is 17.7. The molecule has 21 heavy (non-hydrogen) atoms. The minimum Gasteiger partial charge on any atom is -0.480 e. The van der Waals surface area contributed by atoms with Gasteiger partial charge in [0.15, 0.2) is 0 Å². The molecule has 122 valence electrons. The number of hydrogen-bond acceptors (Lipinski definition) is 4. The van der Waals surface area contributed by atoms with Gasteiger partial charge in [-0.05, 0) is 25.7 Å². The van der Waals surface area contributed by atoms with Gasteiger partial charge in [0.2, 0.25) is 0 Å². The molecule has 0 heterocycles. The molecule has 0 radical (unpaired) electrons. The Kier molecular flexibility index (Phi) is 7.45. The van der Waals surface area contributed by atoms with Crippen LogP contribution in [0.1, 0.15) is 26.2 Å². The number of methoxy groups -OCH3 is 2. The molecule has 0 spiro atoms. The maximum absolute atomic E-state index is 12.4. The van der Waals surface area contributed by atoms with E-state index in [1.807, 2.05) is 6.92 Å². The Labute approximate surface area is 125 Å². The third-order valence-electron chi connectivity index (χ3n) is 3.80. The molecule has 0 aliphatic heterocycles. The van der Waals surface area contributed by atoms with Gasteiger partial charge in [0.1, 0.15) is 6.04 Å². The van der Waals surface area contributed by atoms with Crippen LogP contribution in [0, 0.1) is 5.92 Å². The monoisotopic (exact) mass is 302 g/mol. The number of carbonyl (C=O) groups excluding carboxylic acids is 1. The number of rotatable bonds is 10. The predicted octanol–water partition coefficient (Wildman–Crippen LogP) is 0.933. The summed E-state index contributed by atoms with van der Waals surface area (Å²) in [7, 11) is 3.08. The number of aliphatic carboxylic acids is 1. The highest BCUT2D eigenvalue weighted by Gasteiger charge is 2.35. The van der Waals surface area contributed by atoms with Crippen LogP contribution in [-0.2, 0) is 14.3 Å². The predicted molar refractivity (Wildman–Crippen MR) is 77.2 cm³/mol. The molecule has 0 saturated heterocycles. The van der Waals surface area contributed by atoms with Crippen molar-refractivity contribution in [2.45, 2.75) is 38.3 Å². The number of carboxylic acid groups (broad SMARTS) is 1. The van der Waals surface area contributed by atoms with Gasteiger partial charge in [-0.2, -0.15) is 0 Å². The van der Waals surface area contributed by atoms with Crippen LogP contribution in [0.2, 0.25) is 0 Å². The Balaban J connectivity index is 2.61. The summed E-state index contributed by atoms with van der Waals surface area (Å²) in [5.41, 5.74) is 0. The maximum atomic E-state index is 12.4. The highest BCUT2D eigenvalue weighted by Crippen LogP contribution is 2.35. The van der Waals surface area contributed by atoms with Gasteiger partial charge >= 0.3 is 12.0 Å². The number of carboxylic acids is 1. The summed E-state index contributed by atoms with van der Waals surface area (Å²) >= 11 is 0. The van der Waals surface area contributed by atoms with E-state index in [1.54, 1.807) is 12.0 Å². The van der Waals surface area contributed by atoms with Crippen molar-refractivity contribution in [3.8, 4) is 0 Å². The van der Waals surface area contributed by atoms with Gasteiger partial charge in [-0.15, -0.1) is 0 Å². The fraction of sp³-hybridized carbons (Fsp3) is 0.857. The molecule has 2 amide bonds. The summed E-state index contributed by atoms with van der Waals surface area (Å²) < 4.78 is 9.91. The first-order valence-electron chi connectivity index (χ1n) is 7.29. The van der Waals surface area contributed by atoms with Crippen LogP contribution < -0.4 is 5.32 Å². The van der Waals surface area contributed by atoms with E-state index in [1.165, 1.54) is 7.11 Å². The molecular weight excluding hydrogens is 276 g/mol. The molecule has 0 bridgehead atoms. The second-order valence-corrected chi connectivity index (χ2v) is 5.39. The second-order valence-electron chi connectivity index (χ2n) is 5.39. The number of carbonyl (C=O) groups is 2. The summed E-state index contributed by atoms with van der Waals surface area (Å²) in [6, 6.07) is -1.19. The Morgan fingerprint density at radius 2 is 1.90 bits per heavy atom. The van der Waals surface area contributed by atoms with Crippen molar-refractivity contribution >= 4 is 12.0 Å². The quantitative estimate of drug-likeness (QED) is 0.627. The Hall–Kier alpha value is -1.34. The fourth-order valence-electron chi connectivity index (χ4n) is 2.24. The highest BCUT2D eigenvalue weighted by molar-refractivity contribution is 5.82. The minimum atomic E-state index is -1.05. The molecule has 1 fully saturated rings. The van der Waals surface area contributed by atoms with Gasteiger partial charge in [-0.25, -0.2) is 9.59 Å². The number of amides is 2. The Bertz CT molecular complexity index is 346. The topological polar surface area (TPSA) is 88.1 Å². The smallest absolute Gasteiger partial charge is 0.326 e. The first-order valence-corrected chi connectivity index (χ1v) is 7.29. The largest absolute Gasteiger partial charge is 0.480 e. The lowest BCUT2D eigenvalue weighted by molar-refractivity contribution is -0.139. The van der Waals surface area contributed by atoms with Crippen LogP contribution in [0.25, 0.3) is 0 Å². The van der Waals surface area contributed by atoms with E-state index < -0.39 is 12.0 Å². The molecule has 2 unspecified atom stereocenters. The SMILES string of the molecule is COCCC(NC(=O)N(CCOC)C(C)C1CC1)C(=O)O. The maximum Gasteiger partial charge on any atom is 0.326 e. The van der Waals surface area contributed by atoms with E-state index in [2.05, 4.69) is 5.32 Å². The number of urea groups is 1. The van der Waals surface area contributed by atoms with Crippen molar-refractivity contribution in [1.29, 1.82) is 0 Å². The lowest BCUT2D eigenvalue weighted by Crippen LogP contribution is -2.52. The fourth-order valence-corrected chi connectivity index (χ4v) is 2.24. The first-order chi connectivity index (χ1) is 10.0. The molecule has 2 N–H and O–H groups in total. The zero-order chi connectivity index (χ0) is 15.8. The van der Waals surface area contributed by atoms with Crippen LogP contribution in [0.4, 0.5) is 4.79 Å². The van der Waals surface area contributed by atoms with Crippen LogP contribution in [0.15, 0.2) is 0 Å². The summed E-state index contributed by atoms with van der Waals surface area (Å²) in [6.07, 6.45) is 2.47. The molecule has 2 atom stereocenters. The van der Waals surface area contributed by atoms with Crippen LogP contribution in [0.3, 0.4) is 0 Å². The van der Waals surface area contributed by atoms with Gasteiger partial charge in [-0.1, -0.05) is 0 Å². The Morgan fingerprint density at radius 1 is 1.29 bits per heavy atom. The molecule has 1 saturated carbocycles. The van der Waals surface area contributed by atoms with E-state index in [0.29, 0.717) is 19.1 Å². The van der Waals surface area contributed by atoms with Crippen molar-refractivity contribution in [2.75, 3.05) is 34.0 Å². The van der Waals surface area contributed by atoms with E-state index in [-0.39, 0.29) is 25.1 Å². The van der Waals surface area contributed by atoms with Crippen molar-refractivity contribution in [3.05, 3.63) is 0 Å². The van der Waals surface area contributed by atoms with Crippen molar-refractivity contribution in [3.63, 3.8) is 0 Å². The van der Waals surface area contributed by atoms with E-state index in [9.17, 15) is 9.59 Å². The zero-order valence-corrected chi connectivity index (χ0v) is 13.0. The van der Waals surface area contributed by atoms with Gasteiger partial charge in [0.25, 0.3) is 0 Å². The van der Waals surface area contributed by atoms with E-state index >= 15 is 0 Å². The normalized spacial score (nSPS) is 17.1. The van der Waals surface area contributed by atoms with Crippen LogP contribution >= 0.6 is 0 Å². The van der Waals surface area contributed by atoms with Crippen molar-refractivity contribution in [2.24, 2.45) is 5.92 Å². The molecule has 1 aliphatic rings. The summed E-state index contributed by atoms with van der Waals surface area (Å²) in [5, 5.41) is 11.7. The number of nitrogens with one attached hydrogen (secondary N) is 1. The molecule has 0 aromatic heterocycles. The number of ether oxygens (including phenoxy) is 2. The summed E-state index contributed by atoms with van der Waals surface area (Å²) in [6.45, 7) is 3.17. The molecule has 1 rings (SSSR count). The number of hydrogen-bond donors (Lipinski definition) is 2. The summed E-state index contributed by atoms with van der Waals surface area (Å²) in [4.78, 5) is 25.2. The molecule has 7 nitrogen and oxygen atoms in total. The summed E-state index contributed by atoms with van der Waals surface area (Å²) in [5.74, 6) is -0.541. The molecule has 0 aromatic rings. The van der Waals surface area contributed by atoms with E-state index in [4.69, 9.17) is 14.6 Å².